The number of anilines is 2. The smallest absolute Gasteiger partial charge is 0.293 e. The summed E-state index contributed by atoms with van der Waals surface area (Å²) in [5.74, 6) is 2.79. The number of ether oxygens (including phenoxy) is 1. The highest BCUT2D eigenvalue weighted by atomic mass is 32.2. The van der Waals surface area contributed by atoms with E-state index >= 15 is 0 Å². The molecule has 3 aromatic carbocycles. The quantitative estimate of drug-likeness (QED) is 0.163. The number of nitrogens with one attached hydrogen (secondary N) is 2. The van der Waals surface area contributed by atoms with Crippen molar-refractivity contribution in [2.45, 2.75) is 56.4 Å². The van der Waals surface area contributed by atoms with Crippen LogP contribution in [0.4, 0.5) is 17.1 Å². The number of piperazine rings is 1. The average molecular weight is 740 g/mol. The highest BCUT2D eigenvalue weighted by molar-refractivity contribution is 7.90. The van der Waals surface area contributed by atoms with E-state index < -0.39 is 20.9 Å². The number of nitro benzene ring substituents is 1. The molecule has 2 saturated carbocycles. The number of nitrogens with zero attached hydrogens (tertiary/aromatic N) is 3. The van der Waals surface area contributed by atoms with E-state index in [9.17, 15) is 23.3 Å². The van der Waals surface area contributed by atoms with Gasteiger partial charge in [-0.3, -0.25) is 19.8 Å². The van der Waals surface area contributed by atoms with E-state index in [4.69, 9.17) is 4.74 Å². The van der Waals surface area contributed by atoms with Crippen LogP contribution in [-0.2, 0) is 21.3 Å². The van der Waals surface area contributed by atoms with E-state index in [1.807, 2.05) is 12.1 Å². The SMILES string of the molecule is O=C(NS(=O)(=O)c1ccc(NCC2CCOCC2)c([N+](=O)[O-])c1)c1ccc(N2CCN(Cc3ccccc3C3=CC4CC5CC(C4)CC3C5)CC2)cc1. The molecular formula is C41H49N5O6S. The Hall–Kier alpha value is -4.26. The van der Waals surface area contributed by atoms with Crippen molar-refractivity contribution in [1.82, 2.24) is 9.62 Å². The molecule has 4 fully saturated rings. The topological polar surface area (TPSA) is 134 Å². The third-order valence-corrected chi connectivity index (χ3v) is 13.6. The molecule has 0 radical (unpaired) electrons. The molecule has 0 spiro atoms. The number of carbonyl (C=O) groups is 1. The molecule has 2 unspecified atom stereocenters. The summed E-state index contributed by atoms with van der Waals surface area (Å²) < 4.78 is 33.8. The molecule has 3 aromatic rings. The summed E-state index contributed by atoms with van der Waals surface area (Å²) >= 11 is 0. The summed E-state index contributed by atoms with van der Waals surface area (Å²) in [7, 11) is -4.36. The summed E-state index contributed by atoms with van der Waals surface area (Å²) in [5, 5.41) is 14.9. The average Bonchev–Trinajstić information content (AvgIpc) is 3.37. The fraction of sp³-hybridized carbons (Fsp3) is 0.488. The predicted octanol–water partition coefficient (Wildman–Crippen LogP) is 6.71. The molecule has 9 rings (SSSR count). The van der Waals surface area contributed by atoms with Crippen molar-refractivity contribution >= 4 is 38.6 Å². The first-order valence-corrected chi connectivity index (χ1v) is 20.7. The van der Waals surface area contributed by atoms with E-state index in [2.05, 4.69) is 50.2 Å². The number of sulfonamides is 1. The second-order valence-corrected chi connectivity index (χ2v) is 17.4. The first-order chi connectivity index (χ1) is 25.7. The van der Waals surface area contributed by atoms with Crippen LogP contribution in [0.25, 0.3) is 5.57 Å². The maximum Gasteiger partial charge on any atom is 0.293 e. The van der Waals surface area contributed by atoms with Crippen molar-refractivity contribution < 1.29 is 22.9 Å². The molecule has 4 bridgehead atoms. The zero-order chi connectivity index (χ0) is 36.5. The van der Waals surface area contributed by atoms with Gasteiger partial charge in [-0.1, -0.05) is 30.3 Å². The number of carbonyl (C=O) groups excluding carboxylic acids is 1. The van der Waals surface area contributed by atoms with Gasteiger partial charge in [-0.15, -0.1) is 0 Å². The standard InChI is InChI=1S/C41H49N5O6S/c47-41(43-53(50,51)36-9-10-39(40(25-36)46(48)49)42-26-28-11-17-52-18-12-28)32-5-7-35(8-6-32)45-15-13-44(14-16-45)27-33-3-1-2-4-37(33)38-24-31-20-29-19-30(21-31)23-34(38)22-29/h1-10,24-25,28-31,34,42H,11-23,26-27H2,(H,43,47). The molecule has 280 valence electrons. The largest absolute Gasteiger partial charge is 0.381 e. The second-order valence-electron chi connectivity index (χ2n) is 15.8. The highest BCUT2D eigenvalue weighted by Gasteiger charge is 2.40. The fourth-order valence-electron chi connectivity index (χ4n) is 9.58. The lowest BCUT2D eigenvalue weighted by Crippen LogP contribution is -2.46. The van der Waals surface area contributed by atoms with E-state index in [1.54, 1.807) is 17.7 Å². The number of nitro groups is 1. The van der Waals surface area contributed by atoms with E-state index in [0.29, 0.717) is 31.6 Å². The molecule has 4 aliphatic carbocycles. The predicted molar refractivity (Wildman–Crippen MR) is 205 cm³/mol. The molecule has 6 aliphatic rings. The summed E-state index contributed by atoms with van der Waals surface area (Å²) in [6.07, 6.45) is 11.3. The highest BCUT2D eigenvalue weighted by Crippen LogP contribution is 2.53. The number of hydrogen-bond donors (Lipinski definition) is 2. The van der Waals surface area contributed by atoms with Gasteiger partial charge in [-0.25, -0.2) is 13.1 Å². The van der Waals surface area contributed by atoms with Crippen molar-refractivity contribution in [3.63, 3.8) is 0 Å². The van der Waals surface area contributed by atoms with Gasteiger partial charge in [0.05, 0.1) is 9.82 Å². The molecule has 12 heteroatoms. The van der Waals surface area contributed by atoms with Crippen LogP contribution >= 0.6 is 0 Å². The molecule has 2 heterocycles. The van der Waals surface area contributed by atoms with Crippen LogP contribution in [0.1, 0.15) is 66.4 Å². The van der Waals surface area contributed by atoms with E-state index in [0.717, 1.165) is 75.1 Å². The third kappa shape index (κ3) is 8.00. The molecule has 2 atom stereocenters. The van der Waals surface area contributed by atoms with Crippen LogP contribution in [-0.4, -0.2) is 70.1 Å². The van der Waals surface area contributed by atoms with Gasteiger partial charge in [0.25, 0.3) is 21.6 Å². The molecule has 2 aliphatic heterocycles. The Kier molecular flexibility index (Phi) is 10.3. The van der Waals surface area contributed by atoms with Crippen molar-refractivity contribution in [2.75, 3.05) is 56.2 Å². The van der Waals surface area contributed by atoms with Gasteiger partial charge in [0.1, 0.15) is 5.69 Å². The fourth-order valence-corrected chi connectivity index (χ4v) is 10.6. The minimum Gasteiger partial charge on any atom is -0.381 e. The van der Waals surface area contributed by atoms with Gasteiger partial charge in [0, 0.05) is 69.8 Å². The van der Waals surface area contributed by atoms with Gasteiger partial charge in [0.2, 0.25) is 0 Å². The van der Waals surface area contributed by atoms with Crippen LogP contribution in [0.2, 0.25) is 0 Å². The van der Waals surface area contributed by atoms with Crippen LogP contribution < -0.4 is 14.9 Å². The van der Waals surface area contributed by atoms with Gasteiger partial charge in [0.15, 0.2) is 0 Å². The van der Waals surface area contributed by atoms with Crippen LogP contribution in [0.15, 0.2) is 77.7 Å². The number of amides is 1. The molecule has 0 aromatic heterocycles. The third-order valence-electron chi connectivity index (χ3n) is 12.2. The molecule has 2 saturated heterocycles. The Balaban J connectivity index is 0.864. The van der Waals surface area contributed by atoms with Crippen molar-refractivity contribution in [1.29, 1.82) is 0 Å². The van der Waals surface area contributed by atoms with Gasteiger partial charge >= 0.3 is 0 Å². The van der Waals surface area contributed by atoms with E-state index in [1.165, 1.54) is 55.4 Å². The number of allylic oxidation sites excluding steroid dienone is 2. The minimum absolute atomic E-state index is 0.187. The van der Waals surface area contributed by atoms with Crippen LogP contribution in [0.3, 0.4) is 0 Å². The normalized spacial score (nSPS) is 24.8. The Bertz CT molecular complexity index is 1960. The summed E-state index contributed by atoms with van der Waals surface area (Å²) in [4.78, 5) is 28.8. The summed E-state index contributed by atoms with van der Waals surface area (Å²) in [6.45, 7) is 6.28. The Morgan fingerprint density at radius 1 is 0.887 bits per heavy atom. The Morgan fingerprint density at radius 2 is 1.60 bits per heavy atom. The van der Waals surface area contributed by atoms with Gasteiger partial charge < -0.3 is 15.0 Å². The second kappa shape index (κ2) is 15.2. The first-order valence-electron chi connectivity index (χ1n) is 19.2. The molecule has 1 amide bonds. The monoisotopic (exact) mass is 739 g/mol. The number of hydrogen-bond acceptors (Lipinski definition) is 9. The maximum absolute atomic E-state index is 13.2. The zero-order valence-corrected chi connectivity index (χ0v) is 30.9. The summed E-state index contributed by atoms with van der Waals surface area (Å²) in [6, 6.07) is 19.6. The van der Waals surface area contributed by atoms with E-state index in [-0.39, 0.29) is 21.8 Å². The first kappa shape index (κ1) is 35.8. The molecule has 53 heavy (non-hydrogen) atoms. The molecule has 2 N–H and O–H groups in total. The Labute approximate surface area is 312 Å². The van der Waals surface area contributed by atoms with Crippen molar-refractivity contribution in [3.05, 3.63) is 99.6 Å². The lowest BCUT2D eigenvalue weighted by molar-refractivity contribution is -0.384. The zero-order valence-electron chi connectivity index (χ0n) is 30.1. The lowest BCUT2D eigenvalue weighted by atomic mass is 9.66. The van der Waals surface area contributed by atoms with Crippen LogP contribution in [0, 0.1) is 39.7 Å². The molecular weight excluding hydrogens is 691 g/mol. The van der Waals surface area contributed by atoms with Gasteiger partial charge in [-0.2, -0.15) is 0 Å². The Morgan fingerprint density at radius 3 is 2.32 bits per heavy atom. The minimum atomic E-state index is -4.36. The maximum atomic E-state index is 13.2. The molecule has 11 nitrogen and oxygen atoms in total. The van der Waals surface area contributed by atoms with Crippen molar-refractivity contribution in [2.24, 2.45) is 29.6 Å². The lowest BCUT2D eigenvalue weighted by Gasteiger charge is -2.39. The number of rotatable bonds is 11. The van der Waals surface area contributed by atoms with Crippen molar-refractivity contribution in [3.8, 4) is 0 Å². The van der Waals surface area contributed by atoms with Crippen LogP contribution in [0.5, 0.6) is 0 Å². The summed E-state index contributed by atoms with van der Waals surface area (Å²) in [5.41, 5.74) is 5.52. The van der Waals surface area contributed by atoms with Gasteiger partial charge in [-0.05, 0) is 128 Å². The number of benzene rings is 3.